The van der Waals surface area contributed by atoms with E-state index in [0.29, 0.717) is 0 Å². The minimum atomic E-state index is -0.823. The molecule has 2 aromatic rings. The molecule has 3 rings (SSSR count). The SMILES string of the molecule is CC(=O)Oc1cccc2c1C(=O)c1c(OC(C)=O)ccc([N+](=O)[O-])c1C2=O. The summed E-state index contributed by atoms with van der Waals surface area (Å²) in [6.07, 6.45) is 0. The Morgan fingerprint density at radius 3 is 2.00 bits per heavy atom. The molecule has 0 radical (unpaired) electrons. The maximum Gasteiger partial charge on any atom is 0.308 e. The summed E-state index contributed by atoms with van der Waals surface area (Å²) in [4.78, 5) is 59.2. The second kappa shape index (κ2) is 6.45. The molecule has 0 atom stereocenters. The summed E-state index contributed by atoms with van der Waals surface area (Å²) in [5.74, 6) is -3.57. The van der Waals surface area contributed by atoms with E-state index in [1.165, 1.54) is 18.2 Å². The van der Waals surface area contributed by atoms with Crippen LogP contribution in [0.5, 0.6) is 11.5 Å². The van der Waals surface area contributed by atoms with Crippen LogP contribution in [0, 0.1) is 10.1 Å². The van der Waals surface area contributed by atoms with Gasteiger partial charge in [-0.15, -0.1) is 0 Å². The molecule has 0 unspecified atom stereocenters. The minimum Gasteiger partial charge on any atom is -0.426 e. The smallest absolute Gasteiger partial charge is 0.308 e. The first-order valence-electron chi connectivity index (χ1n) is 7.63. The molecule has 0 saturated carbocycles. The minimum absolute atomic E-state index is 0.144. The number of esters is 2. The number of nitro benzene ring substituents is 1. The van der Waals surface area contributed by atoms with Crippen molar-refractivity contribution in [1.82, 2.24) is 0 Å². The van der Waals surface area contributed by atoms with Gasteiger partial charge in [0.25, 0.3) is 5.69 Å². The molecule has 1 aliphatic rings. The van der Waals surface area contributed by atoms with Crippen molar-refractivity contribution >= 4 is 29.2 Å². The van der Waals surface area contributed by atoms with Gasteiger partial charge in [0.1, 0.15) is 17.1 Å². The van der Waals surface area contributed by atoms with Crippen molar-refractivity contribution in [3.8, 4) is 11.5 Å². The van der Waals surface area contributed by atoms with Gasteiger partial charge < -0.3 is 9.47 Å². The Hall–Kier alpha value is -3.88. The summed E-state index contributed by atoms with van der Waals surface area (Å²) < 4.78 is 9.95. The molecule has 0 fully saturated rings. The van der Waals surface area contributed by atoms with Crippen molar-refractivity contribution in [3.05, 3.63) is 62.7 Å². The van der Waals surface area contributed by atoms with Gasteiger partial charge in [0.2, 0.25) is 11.6 Å². The molecule has 0 aromatic heterocycles. The number of hydrogen-bond acceptors (Lipinski definition) is 8. The van der Waals surface area contributed by atoms with E-state index in [9.17, 15) is 29.3 Å². The number of fused-ring (bicyclic) bond motifs is 2. The van der Waals surface area contributed by atoms with Crippen molar-refractivity contribution < 1.29 is 33.6 Å². The predicted octanol–water partition coefficient (Wildman–Crippen LogP) is 2.22. The van der Waals surface area contributed by atoms with Crippen LogP contribution in [-0.4, -0.2) is 28.4 Å². The maximum absolute atomic E-state index is 13.1. The summed E-state index contributed by atoms with van der Waals surface area (Å²) in [5, 5.41) is 11.3. The number of carbonyl (C=O) groups is 4. The third-order valence-electron chi connectivity index (χ3n) is 3.80. The lowest BCUT2D eigenvalue weighted by molar-refractivity contribution is -0.385. The highest BCUT2D eigenvalue weighted by molar-refractivity contribution is 6.31. The molecule has 0 amide bonds. The largest absolute Gasteiger partial charge is 0.426 e. The van der Waals surface area contributed by atoms with E-state index in [0.717, 1.165) is 26.0 Å². The zero-order chi connectivity index (χ0) is 19.9. The quantitative estimate of drug-likeness (QED) is 0.297. The number of ether oxygens (including phenoxy) is 2. The molecule has 0 heterocycles. The van der Waals surface area contributed by atoms with Crippen molar-refractivity contribution in [2.45, 2.75) is 13.8 Å². The highest BCUT2D eigenvalue weighted by Crippen LogP contribution is 2.41. The van der Waals surface area contributed by atoms with Gasteiger partial charge in [0, 0.05) is 25.5 Å². The first-order chi connectivity index (χ1) is 12.7. The molecule has 1 aliphatic carbocycles. The van der Waals surface area contributed by atoms with Gasteiger partial charge >= 0.3 is 11.9 Å². The second-order valence-corrected chi connectivity index (χ2v) is 5.61. The highest BCUT2D eigenvalue weighted by atomic mass is 16.6. The van der Waals surface area contributed by atoms with Gasteiger partial charge in [-0.3, -0.25) is 29.3 Å². The van der Waals surface area contributed by atoms with Gasteiger partial charge in [0.15, 0.2) is 0 Å². The number of hydrogen-bond donors (Lipinski definition) is 0. The van der Waals surface area contributed by atoms with Crippen molar-refractivity contribution in [1.29, 1.82) is 0 Å². The lowest BCUT2D eigenvalue weighted by atomic mass is 9.82. The summed E-state index contributed by atoms with van der Waals surface area (Å²) >= 11 is 0. The Bertz CT molecular complexity index is 1050. The van der Waals surface area contributed by atoms with Crippen LogP contribution < -0.4 is 9.47 Å². The first kappa shape index (κ1) is 17.9. The Morgan fingerprint density at radius 2 is 1.44 bits per heavy atom. The third kappa shape index (κ3) is 2.95. The number of rotatable bonds is 3. The zero-order valence-corrected chi connectivity index (χ0v) is 14.1. The van der Waals surface area contributed by atoms with Crippen LogP contribution in [0.2, 0.25) is 0 Å². The second-order valence-electron chi connectivity index (χ2n) is 5.61. The number of ketones is 2. The van der Waals surface area contributed by atoms with Crippen molar-refractivity contribution in [2.75, 3.05) is 0 Å². The Labute approximate surface area is 151 Å². The Balaban J connectivity index is 2.35. The normalized spacial score (nSPS) is 12.1. The lowest BCUT2D eigenvalue weighted by Crippen LogP contribution is -2.25. The molecule has 0 N–H and O–H groups in total. The first-order valence-corrected chi connectivity index (χ1v) is 7.63. The van der Waals surface area contributed by atoms with Gasteiger partial charge in [-0.2, -0.15) is 0 Å². The van der Waals surface area contributed by atoms with E-state index in [2.05, 4.69) is 0 Å². The van der Waals surface area contributed by atoms with E-state index in [1.807, 2.05) is 0 Å². The predicted molar refractivity (Wildman–Crippen MR) is 89.0 cm³/mol. The molecule has 0 aliphatic heterocycles. The summed E-state index contributed by atoms with van der Waals surface area (Å²) in [7, 11) is 0. The Morgan fingerprint density at radius 1 is 0.852 bits per heavy atom. The summed E-state index contributed by atoms with van der Waals surface area (Å²) in [6, 6.07) is 6.06. The van der Waals surface area contributed by atoms with Crippen LogP contribution in [-0.2, 0) is 9.59 Å². The van der Waals surface area contributed by atoms with Crippen LogP contribution >= 0.6 is 0 Å². The fourth-order valence-electron chi connectivity index (χ4n) is 2.87. The highest BCUT2D eigenvalue weighted by Gasteiger charge is 2.40. The van der Waals surface area contributed by atoms with E-state index in [4.69, 9.17) is 9.47 Å². The molecule has 0 spiro atoms. The molecule has 0 saturated heterocycles. The molecular formula is C18H11NO8. The topological polar surface area (TPSA) is 130 Å². The van der Waals surface area contributed by atoms with Crippen LogP contribution in [0.15, 0.2) is 30.3 Å². The van der Waals surface area contributed by atoms with E-state index >= 15 is 0 Å². The molecule has 0 bridgehead atoms. The van der Waals surface area contributed by atoms with E-state index in [1.54, 1.807) is 0 Å². The van der Waals surface area contributed by atoms with Gasteiger partial charge in [0.05, 0.1) is 16.1 Å². The molecule has 136 valence electrons. The van der Waals surface area contributed by atoms with Gasteiger partial charge in [-0.05, 0) is 12.1 Å². The summed E-state index contributed by atoms with van der Waals surface area (Å²) in [5.41, 5.74) is -1.86. The average molecular weight is 369 g/mol. The standard InChI is InChI=1S/C18H11NO8/c1-8(20)26-12-5-3-4-10-14(12)18(23)16-13(27-9(2)21)7-6-11(19(24)25)15(16)17(10)22/h3-7H,1-2H3. The van der Waals surface area contributed by atoms with Gasteiger partial charge in [-0.25, -0.2) is 0 Å². The molecule has 27 heavy (non-hydrogen) atoms. The van der Waals surface area contributed by atoms with E-state index < -0.39 is 45.2 Å². The fourth-order valence-corrected chi connectivity index (χ4v) is 2.87. The van der Waals surface area contributed by atoms with Crippen LogP contribution in [0.3, 0.4) is 0 Å². The van der Waals surface area contributed by atoms with Crippen molar-refractivity contribution in [3.63, 3.8) is 0 Å². The average Bonchev–Trinajstić information content (AvgIpc) is 2.58. The van der Waals surface area contributed by atoms with Crippen LogP contribution in [0.4, 0.5) is 5.69 Å². The zero-order valence-electron chi connectivity index (χ0n) is 14.1. The number of carbonyl (C=O) groups excluding carboxylic acids is 4. The Kier molecular flexibility index (Phi) is 4.28. The molecular weight excluding hydrogens is 358 g/mol. The number of benzene rings is 2. The van der Waals surface area contributed by atoms with Gasteiger partial charge in [-0.1, -0.05) is 12.1 Å². The lowest BCUT2D eigenvalue weighted by Gasteiger charge is -2.21. The summed E-state index contributed by atoms with van der Waals surface area (Å²) in [6.45, 7) is 2.21. The molecule has 9 heteroatoms. The number of nitro groups is 1. The van der Waals surface area contributed by atoms with Crippen molar-refractivity contribution in [2.24, 2.45) is 0 Å². The maximum atomic E-state index is 13.1. The van der Waals surface area contributed by atoms with E-state index in [-0.39, 0.29) is 22.6 Å². The van der Waals surface area contributed by atoms with Crippen LogP contribution in [0.1, 0.15) is 45.7 Å². The molecule has 9 nitrogen and oxygen atoms in total. The fraction of sp³-hybridized carbons (Fsp3) is 0.111. The van der Waals surface area contributed by atoms with Crippen LogP contribution in [0.25, 0.3) is 0 Å². The number of nitrogens with zero attached hydrogens (tertiary/aromatic N) is 1. The molecule has 2 aromatic carbocycles. The monoisotopic (exact) mass is 369 g/mol. The third-order valence-corrected chi connectivity index (χ3v) is 3.80.